The Bertz CT molecular complexity index is 456. The van der Waals surface area contributed by atoms with Gasteiger partial charge in [-0.05, 0) is 31.4 Å². The van der Waals surface area contributed by atoms with Crippen molar-refractivity contribution in [1.82, 2.24) is 0 Å². The summed E-state index contributed by atoms with van der Waals surface area (Å²) in [5.74, 6) is -1.17. The van der Waals surface area contributed by atoms with Gasteiger partial charge in [0.1, 0.15) is 6.54 Å². The molecule has 2 saturated heterocycles. The van der Waals surface area contributed by atoms with E-state index in [2.05, 4.69) is 6.92 Å². The predicted molar refractivity (Wildman–Crippen MR) is 74.6 cm³/mol. The SMILES string of the molecule is C[C@H]1O[C@@](O)(c2ccc(Cl)cc2)C[N+]12CCCCC2. The molecule has 1 N–H and O–H groups in total. The highest BCUT2D eigenvalue weighted by molar-refractivity contribution is 6.30. The molecule has 0 unspecified atom stereocenters. The fourth-order valence-corrected chi connectivity index (χ4v) is 3.65. The van der Waals surface area contributed by atoms with Crippen LogP contribution >= 0.6 is 11.6 Å². The second-order valence-corrected chi connectivity index (χ2v) is 6.33. The van der Waals surface area contributed by atoms with Crippen molar-refractivity contribution < 1.29 is 14.3 Å². The molecule has 3 nitrogen and oxygen atoms in total. The van der Waals surface area contributed by atoms with Gasteiger partial charge >= 0.3 is 0 Å². The third-order valence-electron chi connectivity index (χ3n) is 4.67. The quantitative estimate of drug-likeness (QED) is 0.803. The van der Waals surface area contributed by atoms with Crippen LogP contribution in [0.25, 0.3) is 0 Å². The lowest BCUT2D eigenvalue weighted by Crippen LogP contribution is -2.54. The van der Waals surface area contributed by atoms with Crippen LogP contribution in [0.2, 0.25) is 5.02 Å². The largest absolute Gasteiger partial charge is 0.357 e. The van der Waals surface area contributed by atoms with Crippen LogP contribution in [0.1, 0.15) is 31.7 Å². The van der Waals surface area contributed by atoms with E-state index >= 15 is 0 Å². The van der Waals surface area contributed by atoms with Crippen LogP contribution in [0, 0.1) is 0 Å². The van der Waals surface area contributed by atoms with Gasteiger partial charge in [-0.25, -0.2) is 0 Å². The first-order valence-electron chi connectivity index (χ1n) is 7.06. The Balaban J connectivity index is 1.88. The number of aliphatic hydroxyl groups is 1. The standard InChI is InChI=1S/C15H21ClNO2/c1-12-17(9-3-2-4-10-17)11-15(18,19-12)13-5-7-14(16)8-6-13/h5-8,12,18H,2-4,9-11H2,1H3/q+1/t12-,15-/m1/s1. The maximum absolute atomic E-state index is 10.9. The molecule has 19 heavy (non-hydrogen) atoms. The van der Waals surface area contributed by atoms with Gasteiger partial charge in [-0.1, -0.05) is 23.7 Å². The van der Waals surface area contributed by atoms with Crippen molar-refractivity contribution in [3.8, 4) is 0 Å². The van der Waals surface area contributed by atoms with Crippen molar-refractivity contribution in [2.45, 2.75) is 38.2 Å². The van der Waals surface area contributed by atoms with Gasteiger partial charge in [-0.3, -0.25) is 9.22 Å². The van der Waals surface area contributed by atoms with E-state index in [1.165, 1.54) is 19.3 Å². The molecule has 2 heterocycles. The van der Waals surface area contributed by atoms with Crippen LogP contribution in [0.5, 0.6) is 0 Å². The lowest BCUT2D eigenvalue weighted by atomic mass is 10.0. The summed E-state index contributed by atoms with van der Waals surface area (Å²) in [4.78, 5) is 0. The molecule has 0 bridgehead atoms. The van der Waals surface area contributed by atoms with Gasteiger partial charge in [-0.15, -0.1) is 0 Å². The molecule has 2 atom stereocenters. The van der Waals surface area contributed by atoms with Crippen LogP contribution in [-0.4, -0.2) is 35.5 Å². The average Bonchev–Trinajstić information content (AvgIpc) is 2.63. The van der Waals surface area contributed by atoms with E-state index in [1.54, 1.807) is 0 Å². The molecule has 1 aromatic rings. The van der Waals surface area contributed by atoms with Crippen molar-refractivity contribution in [3.63, 3.8) is 0 Å². The van der Waals surface area contributed by atoms with Gasteiger partial charge in [0.05, 0.1) is 13.1 Å². The number of halogens is 1. The van der Waals surface area contributed by atoms with Crippen molar-refractivity contribution in [1.29, 1.82) is 0 Å². The third-order valence-corrected chi connectivity index (χ3v) is 4.92. The van der Waals surface area contributed by atoms with Crippen molar-refractivity contribution >= 4 is 11.6 Å². The minimum Gasteiger partial charge on any atom is -0.357 e. The molecule has 4 heteroatoms. The van der Waals surface area contributed by atoms with E-state index in [4.69, 9.17) is 16.3 Å². The molecule has 0 saturated carbocycles. The first-order chi connectivity index (χ1) is 9.04. The Labute approximate surface area is 119 Å². The average molecular weight is 283 g/mol. The number of ether oxygens (including phenoxy) is 1. The van der Waals surface area contributed by atoms with Crippen molar-refractivity contribution in [2.75, 3.05) is 19.6 Å². The van der Waals surface area contributed by atoms with Gasteiger partial charge in [0.2, 0.25) is 5.79 Å². The number of rotatable bonds is 1. The van der Waals surface area contributed by atoms with Gasteiger partial charge in [0.15, 0.2) is 6.23 Å². The van der Waals surface area contributed by atoms with E-state index in [9.17, 15) is 5.11 Å². The highest BCUT2D eigenvalue weighted by Gasteiger charge is 2.54. The molecule has 1 aromatic carbocycles. The zero-order valence-corrected chi connectivity index (χ0v) is 12.1. The summed E-state index contributed by atoms with van der Waals surface area (Å²) >= 11 is 5.91. The number of hydrogen-bond acceptors (Lipinski definition) is 2. The number of nitrogens with zero attached hydrogens (tertiary/aromatic N) is 1. The molecule has 0 radical (unpaired) electrons. The molecular formula is C15H21ClNO2+. The van der Waals surface area contributed by atoms with Crippen LogP contribution in [0.3, 0.4) is 0 Å². The third kappa shape index (κ3) is 2.29. The van der Waals surface area contributed by atoms with E-state index in [0.29, 0.717) is 11.6 Å². The molecule has 2 fully saturated rings. The zero-order valence-electron chi connectivity index (χ0n) is 11.3. The minimum atomic E-state index is -1.17. The summed E-state index contributed by atoms with van der Waals surface area (Å²) < 4.78 is 6.84. The second kappa shape index (κ2) is 4.74. The predicted octanol–water partition coefficient (Wildman–Crippen LogP) is 2.86. The topological polar surface area (TPSA) is 29.5 Å². The molecule has 0 aromatic heterocycles. The number of piperidine rings is 1. The Kier molecular flexibility index (Phi) is 3.34. The fraction of sp³-hybridized carbons (Fsp3) is 0.600. The lowest BCUT2D eigenvalue weighted by Gasteiger charge is -2.39. The summed E-state index contributed by atoms with van der Waals surface area (Å²) in [6, 6.07) is 7.34. The fourth-order valence-electron chi connectivity index (χ4n) is 3.52. The number of benzene rings is 1. The Morgan fingerprint density at radius 1 is 1.21 bits per heavy atom. The smallest absolute Gasteiger partial charge is 0.248 e. The number of quaternary nitrogens is 1. The zero-order chi connectivity index (χ0) is 13.5. The monoisotopic (exact) mass is 282 g/mol. The first kappa shape index (κ1) is 13.4. The summed E-state index contributed by atoms with van der Waals surface area (Å²) in [7, 11) is 0. The number of hydrogen-bond donors (Lipinski definition) is 1. The van der Waals surface area contributed by atoms with E-state index in [0.717, 1.165) is 23.1 Å². The second-order valence-electron chi connectivity index (χ2n) is 5.89. The van der Waals surface area contributed by atoms with Gasteiger partial charge in [-0.2, -0.15) is 0 Å². The Morgan fingerprint density at radius 2 is 1.84 bits per heavy atom. The molecule has 2 aliphatic heterocycles. The van der Waals surface area contributed by atoms with Crippen LogP contribution < -0.4 is 0 Å². The van der Waals surface area contributed by atoms with Crippen molar-refractivity contribution in [2.24, 2.45) is 0 Å². The molecule has 1 spiro atoms. The van der Waals surface area contributed by atoms with Gasteiger partial charge < -0.3 is 5.11 Å². The highest BCUT2D eigenvalue weighted by atomic mass is 35.5. The van der Waals surface area contributed by atoms with Crippen LogP contribution in [0.4, 0.5) is 0 Å². The molecule has 104 valence electrons. The normalized spacial score (nSPS) is 33.7. The highest BCUT2D eigenvalue weighted by Crippen LogP contribution is 2.40. The maximum atomic E-state index is 10.9. The van der Waals surface area contributed by atoms with E-state index in [1.807, 2.05) is 24.3 Å². The van der Waals surface area contributed by atoms with Crippen LogP contribution in [0.15, 0.2) is 24.3 Å². The van der Waals surface area contributed by atoms with Gasteiger partial charge in [0, 0.05) is 17.5 Å². The Morgan fingerprint density at radius 3 is 2.47 bits per heavy atom. The Hall–Kier alpha value is -0.610. The molecule has 0 aliphatic carbocycles. The minimum absolute atomic E-state index is 0.0565. The lowest BCUT2D eigenvalue weighted by molar-refractivity contribution is -0.953. The molecule has 0 amide bonds. The molecule has 3 rings (SSSR count). The summed E-state index contributed by atoms with van der Waals surface area (Å²) in [5.41, 5.74) is 0.810. The van der Waals surface area contributed by atoms with Crippen molar-refractivity contribution in [3.05, 3.63) is 34.9 Å². The molecule has 2 aliphatic rings. The van der Waals surface area contributed by atoms with Crippen LogP contribution in [-0.2, 0) is 10.5 Å². The van der Waals surface area contributed by atoms with Gasteiger partial charge in [0.25, 0.3) is 0 Å². The summed E-state index contributed by atoms with van der Waals surface area (Å²) in [6.07, 6.45) is 3.81. The van der Waals surface area contributed by atoms with E-state index in [-0.39, 0.29) is 6.23 Å². The van der Waals surface area contributed by atoms with E-state index < -0.39 is 5.79 Å². The summed E-state index contributed by atoms with van der Waals surface area (Å²) in [5, 5.41) is 11.5. The summed E-state index contributed by atoms with van der Waals surface area (Å²) in [6.45, 7) is 4.95. The molecular weight excluding hydrogens is 262 g/mol. The first-order valence-corrected chi connectivity index (χ1v) is 7.44. The maximum Gasteiger partial charge on any atom is 0.248 e.